The fourth-order valence-electron chi connectivity index (χ4n) is 2.03. The molecular formula is C15H19N5O4S. The van der Waals surface area contributed by atoms with Gasteiger partial charge in [-0.1, -0.05) is 25.1 Å². The lowest BCUT2D eigenvalue weighted by Gasteiger charge is -2.12. The van der Waals surface area contributed by atoms with Crippen molar-refractivity contribution < 1.29 is 9.72 Å². The van der Waals surface area contributed by atoms with Crippen LogP contribution in [0, 0.1) is 10.1 Å². The highest BCUT2D eigenvalue weighted by molar-refractivity contribution is 8.00. The number of carbonyl (C=O) groups is 1. The molecule has 1 unspecified atom stereocenters. The van der Waals surface area contributed by atoms with Gasteiger partial charge in [0.2, 0.25) is 5.91 Å². The second-order valence-electron chi connectivity index (χ2n) is 5.37. The quantitative estimate of drug-likeness (QED) is 0.421. The number of rotatable bonds is 8. The Morgan fingerprint density at radius 2 is 2.12 bits per heavy atom. The Labute approximate surface area is 148 Å². The molecule has 0 aliphatic heterocycles. The van der Waals surface area contributed by atoms with E-state index in [0.717, 1.165) is 12.8 Å². The van der Waals surface area contributed by atoms with Crippen molar-refractivity contribution in [2.24, 2.45) is 0 Å². The van der Waals surface area contributed by atoms with E-state index in [9.17, 15) is 19.7 Å². The van der Waals surface area contributed by atoms with E-state index in [2.05, 4.69) is 15.5 Å². The zero-order valence-corrected chi connectivity index (χ0v) is 14.7. The summed E-state index contributed by atoms with van der Waals surface area (Å²) in [5, 5.41) is 19.7. The normalized spacial score (nSPS) is 11.9. The van der Waals surface area contributed by atoms with Gasteiger partial charge in [-0.3, -0.25) is 19.5 Å². The third-order valence-corrected chi connectivity index (χ3v) is 4.55. The lowest BCUT2D eigenvalue weighted by atomic mass is 10.3. The van der Waals surface area contributed by atoms with Gasteiger partial charge in [-0.15, -0.1) is 5.10 Å². The number of hydrogen-bond acceptors (Lipinski definition) is 6. The van der Waals surface area contributed by atoms with Crippen molar-refractivity contribution in [2.45, 2.75) is 43.6 Å². The summed E-state index contributed by atoms with van der Waals surface area (Å²) in [6, 6.07) is 5.59. The first-order chi connectivity index (χ1) is 11.9. The van der Waals surface area contributed by atoms with Crippen LogP contribution in [0.25, 0.3) is 0 Å². The van der Waals surface area contributed by atoms with Gasteiger partial charge < -0.3 is 5.32 Å². The van der Waals surface area contributed by atoms with Gasteiger partial charge in [0, 0.05) is 24.4 Å². The molecule has 2 rings (SSSR count). The molecule has 0 aliphatic rings. The van der Waals surface area contributed by atoms with Crippen molar-refractivity contribution in [3.8, 4) is 0 Å². The summed E-state index contributed by atoms with van der Waals surface area (Å²) in [5.74, 6) is -0.281. The minimum atomic E-state index is -0.503. The van der Waals surface area contributed by atoms with Crippen LogP contribution in [0.1, 0.15) is 26.7 Å². The lowest BCUT2D eigenvalue weighted by Crippen LogP contribution is -2.24. The molecule has 0 bridgehead atoms. The van der Waals surface area contributed by atoms with E-state index in [0.29, 0.717) is 17.4 Å². The molecule has 9 nitrogen and oxygen atoms in total. The Hall–Kier alpha value is -2.62. The number of non-ortho nitro benzene ring substituents is 1. The van der Waals surface area contributed by atoms with Crippen LogP contribution < -0.4 is 11.0 Å². The number of benzene rings is 1. The molecule has 1 atom stereocenters. The summed E-state index contributed by atoms with van der Waals surface area (Å²) < 4.78 is 1.52. The number of amides is 1. The number of hydrogen-bond donors (Lipinski definition) is 2. The van der Waals surface area contributed by atoms with Crippen molar-refractivity contribution in [1.82, 2.24) is 14.8 Å². The van der Waals surface area contributed by atoms with Crippen molar-refractivity contribution in [1.29, 1.82) is 0 Å². The maximum atomic E-state index is 12.3. The molecule has 0 radical (unpaired) electrons. The number of nitrogens with one attached hydrogen (secondary N) is 2. The van der Waals surface area contributed by atoms with Gasteiger partial charge in [0.05, 0.1) is 10.2 Å². The summed E-state index contributed by atoms with van der Waals surface area (Å²) in [6.07, 6.45) is 1.79. The van der Waals surface area contributed by atoms with Gasteiger partial charge in [0.25, 0.3) is 5.69 Å². The Bertz CT molecular complexity index is 799. The van der Waals surface area contributed by atoms with E-state index in [1.54, 1.807) is 6.92 Å². The molecule has 1 heterocycles. The Morgan fingerprint density at radius 3 is 2.72 bits per heavy atom. The number of thioether (sulfide) groups is 1. The van der Waals surface area contributed by atoms with Gasteiger partial charge in [-0.05, 0) is 25.5 Å². The minimum Gasteiger partial charge on any atom is -0.325 e. The minimum absolute atomic E-state index is 0.0445. The number of anilines is 1. The van der Waals surface area contributed by atoms with Crippen LogP contribution >= 0.6 is 11.8 Å². The molecule has 1 aromatic carbocycles. The monoisotopic (exact) mass is 365 g/mol. The van der Waals surface area contributed by atoms with E-state index < -0.39 is 10.2 Å². The van der Waals surface area contributed by atoms with Crippen LogP contribution in [0.15, 0.2) is 34.2 Å². The van der Waals surface area contributed by atoms with Crippen LogP contribution in [0.3, 0.4) is 0 Å². The molecule has 0 saturated carbocycles. The van der Waals surface area contributed by atoms with Crippen molar-refractivity contribution in [3.63, 3.8) is 0 Å². The molecular weight excluding hydrogens is 346 g/mol. The smallest absolute Gasteiger partial charge is 0.325 e. The Kier molecular flexibility index (Phi) is 6.34. The maximum absolute atomic E-state index is 12.3. The standard InChI is InChI=1S/C15H19N5O4S/c1-3-4-9-19-14(22)17-18-15(19)25-10(2)13(21)16-11-5-7-12(8-6-11)20(23)24/h5-8,10H,3-4,9H2,1-2H3,(H,16,21)(H,17,22). The molecule has 134 valence electrons. The highest BCUT2D eigenvalue weighted by Crippen LogP contribution is 2.22. The number of H-pyrrole nitrogens is 1. The first-order valence-electron chi connectivity index (χ1n) is 7.79. The van der Waals surface area contributed by atoms with Crippen molar-refractivity contribution >= 4 is 29.0 Å². The number of aromatic nitrogens is 3. The molecule has 0 aliphatic carbocycles. The van der Waals surface area contributed by atoms with Gasteiger partial charge in [0.15, 0.2) is 5.16 Å². The predicted molar refractivity (Wildman–Crippen MR) is 94.8 cm³/mol. The van der Waals surface area contributed by atoms with E-state index in [-0.39, 0.29) is 17.3 Å². The summed E-state index contributed by atoms with van der Waals surface area (Å²) in [6.45, 7) is 4.28. The number of nitrogens with zero attached hydrogens (tertiary/aromatic N) is 3. The van der Waals surface area contributed by atoms with Crippen LogP contribution in [0.4, 0.5) is 11.4 Å². The number of nitro benzene ring substituents is 1. The van der Waals surface area contributed by atoms with E-state index in [1.807, 2.05) is 6.92 Å². The van der Waals surface area contributed by atoms with Crippen LogP contribution in [0.2, 0.25) is 0 Å². The molecule has 0 fully saturated rings. The number of nitro groups is 1. The highest BCUT2D eigenvalue weighted by atomic mass is 32.2. The molecule has 25 heavy (non-hydrogen) atoms. The van der Waals surface area contributed by atoms with Gasteiger partial charge >= 0.3 is 5.69 Å². The van der Waals surface area contributed by atoms with Crippen LogP contribution in [0.5, 0.6) is 0 Å². The predicted octanol–water partition coefficient (Wildman–Crippen LogP) is 2.40. The van der Waals surface area contributed by atoms with E-state index >= 15 is 0 Å². The zero-order valence-electron chi connectivity index (χ0n) is 13.9. The van der Waals surface area contributed by atoms with E-state index in [1.165, 1.54) is 40.6 Å². The van der Waals surface area contributed by atoms with Crippen molar-refractivity contribution in [3.05, 3.63) is 44.9 Å². The SMILES string of the molecule is CCCCn1c(SC(C)C(=O)Nc2ccc([N+](=O)[O-])cc2)n[nH]c1=O. The van der Waals surface area contributed by atoms with Crippen molar-refractivity contribution in [2.75, 3.05) is 5.32 Å². The summed E-state index contributed by atoms with van der Waals surface area (Å²) >= 11 is 1.18. The molecule has 10 heteroatoms. The number of aromatic amines is 1. The molecule has 0 saturated heterocycles. The first-order valence-corrected chi connectivity index (χ1v) is 8.67. The largest absolute Gasteiger partial charge is 0.343 e. The number of unbranched alkanes of at least 4 members (excludes halogenated alkanes) is 1. The first kappa shape index (κ1) is 18.7. The Balaban J connectivity index is 2.01. The highest BCUT2D eigenvalue weighted by Gasteiger charge is 2.19. The summed E-state index contributed by atoms with van der Waals surface area (Å²) in [4.78, 5) is 34.2. The van der Waals surface area contributed by atoms with Gasteiger partial charge in [-0.25, -0.2) is 9.89 Å². The van der Waals surface area contributed by atoms with Crippen LogP contribution in [-0.2, 0) is 11.3 Å². The molecule has 1 amide bonds. The third-order valence-electron chi connectivity index (χ3n) is 3.46. The zero-order chi connectivity index (χ0) is 18.4. The fraction of sp³-hybridized carbons (Fsp3) is 0.400. The third kappa shape index (κ3) is 4.92. The molecule has 2 aromatic rings. The average molecular weight is 365 g/mol. The second kappa shape index (κ2) is 8.47. The lowest BCUT2D eigenvalue weighted by molar-refractivity contribution is -0.384. The number of carbonyl (C=O) groups excluding carboxylic acids is 1. The topological polar surface area (TPSA) is 123 Å². The van der Waals surface area contributed by atoms with E-state index in [4.69, 9.17) is 0 Å². The molecule has 0 spiro atoms. The summed E-state index contributed by atoms with van der Waals surface area (Å²) in [7, 11) is 0. The second-order valence-corrected chi connectivity index (χ2v) is 6.68. The fourth-order valence-corrected chi connectivity index (χ4v) is 2.91. The Morgan fingerprint density at radius 1 is 1.44 bits per heavy atom. The van der Waals surface area contributed by atoms with Gasteiger partial charge in [0.1, 0.15) is 0 Å². The average Bonchev–Trinajstić information content (AvgIpc) is 2.93. The summed E-state index contributed by atoms with van der Waals surface area (Å²) in [5.41, 5.74) is 0.129. The van der Waals surface area contributed by atoms with Gasteiger partial charge in [-0.2, -0.15) is 0 Å². The maximum Gasteiger partial charge on any atom is 0.343 e. The van der Waals surface area contributed by atoms with Crippen LogP contribution in [-0.4, -0.2) is 30.8 Å². The molecule has 1 aromatic heterocycles. The molecule has 2 N–H and O–H groups in total.